The van der Waals surface area contributed by atoms with Crippen LogP contribution in [0.25, 0.3) is 0 Å². The second-order valence-corrected chi connectivity index (χ2v) is 6.33. The maximum atomic E-state index is 13.1. The smallest absolute Gasteiger partial charge is 0.240 e. The van der Waals surface area contributed by atoms with Crippen molar-refractivity contribution in [3.05, 3.63) is 54.2 Å². The van der Waals surface area contributed by atoms with Gasteiger partial charge in [-0.25, -0.2) is 0 Å². The zero-order valence-electron chi connectivity index (χ0n) is 14.2. The van der Waals surface area contributed by atoms with Gasteiger partial charge in [-0.05, 0) is 44.0 Å². The van der Waals surface area contributed by atoms with Crippen LogP contribution in [0.1, 0.15) is 37.3 Å². The van der Waals surface area contributed by atoms with Crippen LogP contribution in [0.3, 0.4) is 0 Å². The summed E-state index contributed by atoms with van der Waals surface area (Å²) in [7, 11) is 0. The van der Waals surface area contributed by atoms with Crippen LogP contribution in [-0.2, 0) is 17.9 Å². The Kier molecular flexibility index (Phi) is 5.64. The Morgan fingerprint density at radius 2 is 2.29 bits per heavy atom. The van der Waals surface area contributed by atoms with Crippen molar-refractivity contribution < 1.29 is 9.21 Å². The highest BCUT2D eigenvalue weighted by molar-refractivity contribution is 5.82. The number of hydrogen-bond donors (Lipinski definition) is 0. The minimum Gasteiger partial charge on any atom is -0.472 e. The SMILES string of the molecule is CCN(Cc1ccoc1)C(=O)[C@H]1CCCCN1Cc1cccnc1. The molecular formula is C19H25N3O2. The fourth-order valence-electron chi connectivity index (χ4n) is 3.35. The molecule has 0 unspecified atom stereocenters. The number of carbonyl (C=O) groups excluding carboxylic acids is 1. The highest BCUT2D eigenvalue weighted by Gasteiger charge is 2.31. The number of likely N-dealkylation sites (tertiary alicyclic amines) is 1. The lowest BCUT2D eigenvalue weighted by molar-refractivity contribution is -0.139. The molecule has 0 aromatic carbocycles. The molecular weight excluding hydrogens is 302 g/mol. The molecule has 5 nitrogen and oxygen atoms in total. The van der Waals surface area contributed by atoms with Crippen molar-refractivity contribution in [2.75, 3.05) is 13.1 Å². The minimum absolute atomic E-state index is 0.0363. The van der Waals surface area contributed by atoms with Crippen molar-refractivity contribution in [1.29, 1.82) is 0 Å². The van der Waals surface area contributed by atoms with Gasteiger partial charge in [0.2, 0.25) is 5.91 Å². The van der Waals surface area contributed by atoms with Gasteiger partial charge in [0.15, 0.2) is 0 Å². The van der Waals surface area contributed by atoms with E-state index < -0.39 is 0 Å². The summed E-state index contributed by atoms with van der Waals surface area (Å²) in [6.45, 7) is 5.11. The van der Waals surface area contributed by atoms with Crippen LogP contribution in [-0.4, -0.2) is 39.8 Å². The monoisotopic (exact) mass is 327 g/mol. The Bertz CT molecular complexity index is 627. The minimum atomic E-state index is -0.0363. The van der Waals surface area contributed by atoms with Crippen LogP contribution in [0.5, 0.6) is 0 Å². The predicted molar refractivity (Wildman–Crippen MR) is 92.1 cm³/mol. The van der Waals surface area contributed by atoms with Gasteiger partial charge >= 0.3 is 0 Å². The van der Waals surface area contributed by atoms with E-state index in [1.165, 1.54) is 0 Å². The normalized spacial score (nSPS) is 18.5. The second-order valence-electron chi connectivity index (χ2n) is 6.33. The molecule has 1 saturated heterocycles. The molecule has 1 amide bonds. The number of carbonyl (C=O) groups is 1. The lowest BCUT2D eigenvalue weighted by Crippen LogP contribution is -2.50. The van der Waals surface area contributed by atoms with E-state index in [2.05, 4.69) is 16.0 Å². The molecule has 1 aliphatic heterocycles. The fourth-order valence-corrected chi connectivity index (χ4v) is 3.35. The Morgan fingerprint density at radius 3 is 3.00 bits per heavy atom. The van der Waals surface area contributed by atoms with Gasteiger partial charge in [0.05, 0.1) is 18.6 Å². The summed E-state index contributed by atoms with van der Waals surface area (Å²) in [6.07, 6.45) is 10.2. The molecule has 0 N–H and O–H groups in total. The first-order valence-electron chi connectivity index (χ1n) is 8.70. The molecule has 2 aromatic heterocycles. The van der Waals surface area contributed by atoms with Crippen molar-refractivity contribution in [3.63, 3.8) is 0 Å². The lowest BCUT2D eigenvalue weighted by atomic mass is 10.00. The molecule has 128 valence electrons. The quantitative estimate of drug-likeness (QED) is 0.818. The first kappa shape index (κ1) is 16.7. The summed E-state index contributed by atoms with van der Waals surface area (Å²) in [5.74, 6) is 0.224. The van der Waals surface area contributed by atoms with Gasteiger partial charge in [-0.2, -0.15) is 0 Å². The van der Waals surface area contributed by atoms with E-state index in [9.17, 15) is 4.79 Å². The third kappa shape index (κ3) is 4.03. The standard InChI is InChI=1S/C19H25N3O2/c1-2-21(14-17-8-11-24-15-17)19(23)18-7-3-4-10-22(18)13-16-6-5-9-20-12-16/h5-6,8-9,11-12,15,18H,2-4,7,10,13-14H2,1H3/t18-/m1/s1. The Labute approximate surface area is 143 Å². The van der Waals surface area contributed by atoms with Gasteiger partial charge < -0.3 is 9.32 Å². The largest absolute Gasteiger partial charge is 0.472 e. The maximum Gasteiger partial charge on any atom is 0.240 e. The van der Waals surface area contributed by atoms with E-state index in [4.69, 9.17) is 4.42 Å². The third-order valence-electron chi connectivity index (χ3n) is 4.65. The highest BCUT2D eigenvalue weighted by atomic mass is 16.3. The molecule has 3 heterocycles. The molecule has 3 rings (SSSR count). The third-order valence-corrected chi connectivity index (χ3v) is 4.65. The molecule has 0 radical (unpaired) electrons. The summed E-state index contributed by atoms with van der Waals surface area (Å²) < 4.78 is 5.13. The zero-order chi connectivity index (χ0) is 16.8. The average Bonchev–Trinajstić information content (AvgIpc) is 3.14. The van der Waals surface area contributed by atoms with Crippen molar-refractivity contribution >= 4 is 5.91 Å². The molecule has 1 fully saturated rings. The lowest BCUT2D eigenvalue weighted by Gasteiger charge is -2.37. The maximum absolute atomic E-state index is 13.1. The molecule has 5 heteroatoms. The van der Waals surface area contributed by atoms with Gasteiger partial charge in [-0.15, -0.1) is 0 Å². The first-order valence-corrected chi connectivity index (χ1v) is 8.70. The number of nitrogens with zero attached hydrogens (tertiary/aromatic N) is 3. The van der Waals surface area contributed by atoms with Gasteiger partial charge in [-0.3, -0.25) is 14.7 Å². The first-order chi connectivity index (χ1) is 11.8. The van der Waals surface area contributed by atoms with Crippen LogP contribution in [0.15, 0.2) is 47.5 Å². The van der Waals surface area contributed by atoms with E-state index in [1.54, 1.807) is 18.7 Å². The van der Waals surface area contributed by atoms with E-state index in [0.29, 0.717) is 13.1 Å². The molecule has 1 atom stereocenters. The molecule has 0 spiro atoms. The number of pyridine rings is 1. The number of rotatable bonds is 6. The Balaban J connectivity index is 1.70. The highest BCUT2D eigenvalue weighted by Crippen LogP contribution is 2.22. The van der Waals surface area contributed by atoms with Gasteiger partial charge in [0.25, 0.3) is 0 Å². The number of hydrogen-bond acceptors (Lipinski definition) is 4. The molecule has 2 aromatic rings. The van der Waals surface area contributed by atoms with Crippen molar-refractivity contribution in [3.8, 4) is 0 Å². The van der Waals surface area contributed by atoms with Crippen LogP contribution in [0, 0.1) is 0 Å². The number of amides is 1. The average molecular weight is 327 g/mol. The molecule has 1 aliphatic rings. The van der Waals surface area contributed by atoms with Gasteiger partial charge in [0.1, 0.15) is 0 Å². The van der Waals surface area contributed by atoms with Gasteiger partial charge in [0, 0.05) is 37.6 Å². The van der Waals surface area contributed by atoms with Crippen LogP contribution in [0.2, 0.25) is 0 Å². The fraction of sp³-hybridized carbons (Fsp3) is 0.474. The Morgan fingerprint density at radius 1 is 1.38 bits per heavy atom. The number of likely N-dealkylation sites (N-methyl/N-ethyl adjacent to an activating group) is 1. The van der Waals surface area contributed by atoms with Crippen molar-refractivity contribution in [1.82, 2.24) is 14.8 Å². The topological polar surface area (TPSA) is 49.6 Å². The molecule has 0 bridgehead atoms. The van der Waals surface area contributed by atoms with Crippen molar-refractivity contribution in [2.24, 2.45) is 0 Å². The number of furan rings is 1. The van der Waals surface area contributed by atoms with Gasteiger partial charge in [-0.1, -0.05) is 12.5 Å². The van der Waals surface area contributed by atoms with Crippen LogP contribution < -0.4 is 0 Å². The number of piperidine rings is 1. The van der Waals surface area contributed by atoms with Crippen LogP contribution in [0.4, 0.5) is 0 Å². The summed E-state index contributed by atoms with van der Waals surface area (Å²) in [6, 6.07) is 5.91. The zero-order valence-corrected chi connectivity index (χ0v) is 14.2. The summed E-state index contributed by atoms with van der Waals surface area (Å²) in [4.78, 5) is 21.5. The second kappa shape index (κ2) is 8.11. The summed E-state index contributed by atoms with van der Waals surface area (Å²) >= 11 is 0. The van der Waals surface area contributed by atoms with E-state index in [1.807, 2.05) is 30.2 Å². The van der Waals surface area contributed by atoms with E-state index >= 15 is 0 Å². The number of aromatic nitrogens is 1. The van der Waals surface area contributed by atoms with Crippen LogP contribution >= 0.6 is 0 Å². The Hall–Kier alpha value is -2.14. The summed E-state index contributed by atoms with van der Waals surface area (Å²) in [5.41, 5.74) is 2.20. The molecule has 24 heavy (non-hydrogen) atoms. The van der Waals surface area contributed by atoms with Crippen molar-refractivity contribution in [2.45, 2.75) is 45.3 Å². The predicted octanol–water partition coefficient (Wildman–Crippen LogP) is 3.08. The summed E-state index contributed by atoms with van der Waals surface area (Å²) in [5, 5.41) is 0. The van der Waals surface area contributed by atoms with E-state index in [0.717, 1.165) is 43.5 Å². The molecule has 0 aliphatic carbocycles. The molecule has 0 saturated carbocycles. The van der Waals surface area contributed by atoms with E-state index in [-0.39, 0.29) is 11.9 Å².